The van der Waals surface area contributed by atoms with Gasteiger partial charge in [0.05, 0.1) is 34.7 Å². The van der Waals surface area contributed by atoms with Crippen molar-refractivity contribution in [3.8, 4) is 0 Å². The molecule has 0 radical (unpaired) electrons. The van der Waals surface area contributed by atoms with Gasteiger partial charge >= 0.3 is 12.1 Å². The summed E-state index contributed by atoms with van der Waals surface area (Å²) in [5.74, 6) is -1.78. The van der Waals surface area contributed by atoms with E-state index in [4.69, 9.17) is 11.6 Å². The number of likely N-dealkylation sites (N-methyl/N-ethyl adjacent to an activating group) is 1. The predicted octanol–water partition coefficient (Wildman–Crippen LogP) is 3.40. The summed E-state index contributed by atoms with van der Waals surface area (Å²) in [6, 6.07) is 8.00. The van der Waals surface area contributed by atoms with Gasteiger partial charge in [0, 0.05) is 12.7 Å². The van der Waals surface area contributed by atoms with E-state index in [0.717, 1.165) is 26.3 Å². The Morgan fingerprint density at radius 1 is 1.17 bits per heavy atom. The van der Waals surface area contributed by atoms with Crippen LogP contribution in [0.25, 0.3) is 0 Å². The quantitative estimate of drug-likeness (QED) is 0.661. The summed E-state index contributed by atoms with van der Waals surface area (Å²) >= 11 is 5.52. The lowest BCUT2D eigenvalue weighted by Crippen LogP contribution is -2.35. The number of methoxy groups -OCH3 is 1. The van der Waals surface area contributed by atoms with Gasteiger partial charge in [0.1, 0.15) is 0 Å². The minimum absolute atomic E-state index is 0.211. The molecule has 30 heavy (non-hydrogen) atoms. The largest absolute Gasteiger partial charge is 0.465 e. The molecule has 0 saturated heterocycles. The van der Waals surface area contributed by atoms with Crippen molar-refractivity contribution in [2.24, 2.45) is 0 Å². The maximum Gasteiger partial charge on any atom is 0.417 e. The highest BCUT2D eigenvalue weighted by Gasteiger charge is 2.33. The van der Waals surface area contributed by atoms with Crippen LogP contribution in [0.4, 0.5) is 18.9 Å². The van der Waals surface area contributed by atoms with Gasteiger partial charge in [-0.1, -0.05) is 23.7 Å². The van der Waals surface area contributed by atoms with E-state index in [1.54, 1.807) is 0 Å². The van der Waals surface area contributed by atoms with Crippen LogP contribution >= 0.6 is 11.6 Å². The normalized spacial score (nSPS) is 12.0. The zero-order valence-electron chi connectivity index (χ0n) is 15.7. The topological polar surface area (TPSA) is 92.8 Å². The van der Waals surface area contributed by atoms with Crippen molar-refractivity contribution in [3.63, 3.8) is 0 Å². The monoisotopic (exact) mass is 464 g/mol. The molecule has 0 bridgehead atoms. The Hall–Kier alpha value is -2.63. The number of ether oxygens (including phenoxy) is 1. The number of nitrogens with one attached hydrogen (secondary N) is 1. The first-order valence-corrected chi connectivity index (χ1v) is 10.00. The Morgan fingerprint density at radius 3 is 2.40 bits per heavy atom. The highest BCUT2D eigenvalue weighted by molar-refractivity contribution is 7.89. The van der Waals surface area contributed by atoms with E-state index >= 15 is 0 Å². The summed E-state index contributed by atoms with van der Waals surface area (Å²) in [6.45, 7) is -0.720. The van der Waals surface area contributed by atoms with E-state index < -0.39 is 45.2 Å². The molecule has 0 atom stereocenters. The van der Waals surface area contributed by atoms with Gasteiger partial charge < -0.3 is 10.1 Å². The van der Waals surface area contributed by atoms with Gasteiger partial charge in [0.2, 0.25) is 15.9 Å². The molecule has 0 unspecified atom stereocenters. The van der Waals surface area contributed by atoms with Crippen LogP contribution in [0.1, 0.15) is 15.9 Å². The summed E-state index contributed by atoms with van der Waals surface area (Å²) in [5, 5.41) is 1.65. The van der Waals surface area contributed by atoms with Crippen molar-refractivity contribution in [3.05, 3.63) is 58.6 Å². The lowest BCUT2D eigenvalue weighted by atomic mass is 10.2. The molecule has 12 heteroatoms. The molecule has 1 amide bonds. The summed E-state index contributed by atoms with van der Waals surface area (Å²) in [4.78, 5) is 23.6. The molecular formula is C18H16ClF3N2O5S. The van der Waals surface area contributed by atoms with E-state index in [-0.39, 0.29) is 16.1 Å². The number of anilines is 1. The second-order valence-electron chi connectivity index (χ2n) is 5.99. The molecule has 162 valence electrons. The molecule has 0 spiro atoms. The summed E-state index contributed by atoms with van der Waals surface area (Å²) in [5.41, 5.74) is -1.58. The molecule has 7 nitrogen and oxygen atoms in total. The van der Waals surface area contributed by atoms with Gasteiger partial charge in [-0.05, 0) is 30.3 Å². The van der Waals surface area contributed by atoms with Crippen LogP contribution in [0.15, 0.2) is 47.4 Å². The van der Waals surface area contributed by atoms with Crippen molar-refractivity contribution < 1.29 is 35.9 Å². The van der Waals surface area contributed by atoms with E-state index in [1.807, 2.05) is 0 Å². The van der Waals surface area contributed by atoms with Gasteiger partial charge in [0.25, 0.3) is 0 Å². The first-order chi connectivity index (χ1) is 13.9. The highest BCUT2D eigenvalue weighted by atomic mass is 35.5. The van der Waals surface area contributed by atoms with Crippen LogP contribution in [0.2, 0.25) is 5.02 Å². The van der Waals surface area contributed by atoms with Gasteiger partial charge in [-0.3, -0.25) is 4.79 Å². The van der Waals surface area contributed by atoms with Gasteiger partial charge in [-0.25, -0.2) is 13.2 Å². The molecule has 0 saturated carbocycles. The van der Waals surface area contributed by atoms with Crippen LogP contribution in [0, 0.1) is 0 Å². The van der Waals surface area contributed by atoms with Crippen LogP contribution < -0.4 is 5.32 Å². The molecule has 0 aromatic heterocycles. The van der Waals surface area contributed by atoms with E-state index in [2.05, 4.69) is 10.1 Å². The second kappa shape index (κ2) is 9.02. The van der Waals surface area contributed by atoms with Crippen molar-refractivity contribution in [2.45, 2.75) is 11.1 Å². The second-order valence-corrected chi connectivity index (χ2v) is 8.41. The number of hydrogen-bond acceptors (Lipinski definition) is 5. The summed E-state index contributed by atoms with van der Waals surface area (Å²) < 4.78 is 69.5. The molecule has 0 aliphatic heterocycles. The fourth-order valence-electron chi connectivity index (χ4n) is 2.45. The predicted molar refractivity (Wildman–Crippen MR) is 103 cm³/mol. The van der Waals surface area contributed by atoms with Gasteiger partial charge in [-0.2, -0.15) is 17.5 Å². The molecule has 0 fully saturated rings. The number of amides is 1. The van der Waals surface area contributed by atoms with Crippen molar-refractivity contribution in [1.29, 1.82) is 0 Å². The third-order valence-corrected chi connectivity index (χ3v) is 6.09. The molecule has 2 aromatic carbocycles. The highest BCUT2D eigenvalue weighted by Crippen LogP contribution is 2.36. The molecule has 0 aliphatic rings. The van der Waals surface area contributed by atoms with E-state index in [9.17, 15) is 31.2 Å². The summed E-state index contributed by atoms with van der Waals surface area (Å²) in [7, 11) is -2.10. The van der Waals surface area contributed by atoms with Crippen molar-refractivity contribution >= 4 is 39.2 Å². The molecule has 2 aromatic rings. The van der Waals surface area contributed by atoms with E-state index in [0.29, 0.717) is 10.4 Å². The van der Waals surface area contributed by atoms with Crippen LogP contribution in [0.3, 0.4) is 0 Å². The number of alkyl halides is 3. The fourth-order valence-corrected chi connectivity index (χ4v) is 3.97. The lowest BCUT2D eigenvalue weighted by molar-refractivity contribution is -0.137. The lowest BCUT2D eigenvalue weighted by Gasteiger charge is -2.18. The van der Waals surface area contributed by atoms with Crippen LogP contribution in [-0.4, -0.2) is 45.3 Å². The molecule has 0 heterocycles. The number of benzene rings is 2. The zero-order valence-corrected chi connectivity index (χ0v) is 17.2. The first kappa shape index (κ1) is 23.6. The van der Waals surface area contributed by atoms with Crippen LogP contribution in [-0.2, 0) is 25.7 Å². The number of hydrogen-bond donors (Lipinski definition) is 1. The minimum atomic E-state index is -4.73. The maximum atomic E-state index is 12.9. The number of halogens is 4. The third kappa shape index (κ3) is 5.29. The van der Waals surface area contributed by atoms with Crippen molar-refractivity contribution in [1.82, 2.24) is 4.31 Å². The fraction of sp³-hybridized carbons (Fsp3) is 0.222. The number of rotatable bonds is 6. The average Bonchev–Trinajstić information content (AvgIpc) is 2.67. The SMILES string of the molecule is COC(=O)c1ccccc1S(=O)(=O)N(C)CC(=O)Nc1ccc(Cl)c(C(F)(F)F)c1. The molecule has 2 rings (SSSR count). The van der Waals surface area contributed by atoms with Gasteiger partial charge in [-0.15, -0.1) is 0 Å². The van der Waals surface area contributed by atoms with E-state index in [1.165, 1.54) is 24.3 Å². The number of carbonyl (C=O) groups is 2. The van der Waals surface area contributed by atoms with Crippen LogP contribution in [0.5, 0.6) is 0 Å². The number of nitrogens with zero attached hydrogens (tertiary/aromatic N) is 1. The number of carbonyl (C=O) groups excluding carboxylic acids is 2. The summed E-state index contributed by atoms with van der Waals surface area (Å²) in [6.07, 6.45) is -4.73. The molecular weight excluding hydrogens is 449 g/mol. The Labute approximate surface area is 175 Å². The molecule has 0 aliphatic carbocycles. The minimum Gasteiger partial charge on any atom is -0.465 e. The number of sulfonamides is 1. The number of esters is 1. The first-order valence-electron chi connectivity index (χ1n) is 8.18. The Balaban J connectivity index is 2.21. The zero-order chi connectivity index (χ0) is 22.7. The average molecular weight is 465 g/mol. The smallest absolute Gasteiger partial charge is 0.417 e. The maximum absolute atomic E-state index is 12.9. The van der Waals surface area contributed by atoms with Gasteiger partial charge in [0.15, 0.2) is 0 Å². The standard InChI is InChI=1S/C18H16ClF3N2O5S/c1-24(30(27,28)15-6-4-3-5-12(15)17(26)29-2)10-16(25)23-11-7-8-14(19)13(9-11)18(20,21)22/h3-9H,10H2,1-2H3,(H,23,25). The Morgan fingerprint density at radius 2 is 1.80 bits per heavy atom. The Kier molecular flexibility index (Phi) is 7.11. The van der Waals surface area contributed by atoms with Crippen molar-refractivity contribution in [2.75, 3.05) is 26.0 Å². The Bertz CT molecular complexity index is 1070. The third-order valence-electron chi connectivity index (χ3n) is 3.90. The molecule has 1 N–H and O–H groups in total.